The normalized spacial score (nSPS) is 16.1. The van der Waals surface area contributed by atoms with Crippen molar-refractivity contribution in [3.8, 4) is 0 Å². The van der Waals surface area contributed by atoms with Crippen LogP contribution in [0.5, 0.6) is 0 Å². The number of carbonyl (C=O) groups is 2. The number of anilines is 1. The average Bonchev–Trinajstić information content (AvgIpc) is 3.14. The monoisotopic (exact) mass is 247 g/mol. The molecule has 0 bridgehead atoms. The van der Waals surface area contributed by atoms with Crippen molar-refractivity contribution >= 4 is 17.6 Å². The molecule has 1 aromatic rings. The van der Waals surface area contributed by atoms with Gasteiger partial charge in [0.1, 0.15) is 0 Å². The molecule has 1 aromatic carbocycles. The second kappa shape index (κ2) is 4.80. The highest BCUT2D eigenvalue weighted by Gasteiger charge is 2.32. The number of carboxylic acid groups (broad SMARTS) is 1. The molecule has 0 aromatic heterocycles. The average molecular weight is 247 g/mol. The third-order valence-electron chi connectivity index (χ3n) is 3.41. The first-order valence-corrected chi connectivity index (χ1v) is 6.14. The zero-order valence-electron chi connectivity index (χ0n) is 10.6. The zero-order chi connectivity index (χ0) is 13.3. The Kier molecular flexibility index (Phi) is 3.36. The summed E-state index contributed by atoms with van der Waals surface area (Å²) in [6.45, 7) is 3.71. The maximum absolute atomic E-state index is 11.9. The van der Waals surface area contributed by atoms with Crippen LogP contribution in [0.1, 0.15) is 35.7 Å². The minimum Gasteiger partial charge on any atom is -0.478 e. The van der Waals surface area contributed by atoms with Crippen molar-refractivity contribution in [3.05, 3.63) is 29.3 Å². The Morgan fingerprint density at radius 1 is 1.39 bits per heavy atom. The number of benzene rings is 1. The largest absolute Gasteiger partial charge is 0.478 e. The topological polar surface area (TPSA) is 66.4 Å². The fourth-order valence-corrected chi connectivity index (χ4v) is 2.00. The summed E-state index contributed by atoms with van der Waals surface area (Å²) in [6, 6.07) is 5.01. The maximum Gasteiger partial charge on any atom is 0.337 e. The Morgan fingerprint density at radius 3 is 2.61 bits per heavy atom. The lowest BCUT2D eigenvalue weighted by Crippen LogP contribution is -2.23. The number of hydrogen-bond acceptors (Lipinski definition) is 2. The van der Waals surface area contributed by atoms with Gasteiger partial charge in [-0.2, -0.15) is 0 Å². The van der Waals surface area contributed by atoms with Gasteiger partial charge in [0, 0.05) is 5.92 Å². The van der Waals surface area contributed by atoms with Crippen LogP contribution >= 0.6 is 0 Å². The summed E-state index contributed by atoms with van der Waals surface area (Å²) in [5, 5.41) is 11.8. The van der Waals surface area contributed by atoms with Crippen LogP contribution in [0.2, 0.25) is 0 Å². The Hall–Kier alpha value is -1.84. The van der Waals surface area contributed by atoms with Crippen LogP contribution in [0.25, 0.3) is 0 Å². The van der Waals surface area contributed by atoms with Crippen LogP contribution in [0.4, 0.5) is 5.69 Å². The van der Waals surface area contributed by atoms with Crippen LogP contribution < -0.4 is 5.32 Å². The van der Waals surface area contributed by atoms with E-state index in [0.717, 1.165) is 18.4 Å². The molecule has 1 aliphatic carbocycles. The van der Waals surface area contributed by atoms with E-state index < -0.39 is 5.97 Å². The number of rotatable bonds is 4. The van der Waals surface area contributed by atoms with Crippen LogP contribution in [0.15, 0.2) is 18.2 Å². The second-order valence-electron chi connectivity index (χ2n) is 4.97. The molecule has 1 aliphatic rings. The lowest BCUT2D eigenvalue weighted by atomic mass is 10.0. The number of hydrogen-bond donors (Lipinski definition) is 2. The van der Waals surface area contributed by atoms with Gasteiger partial charge in [0.05, 0.1) is 11.3 Å². The Labute approximate surface area is 106 Å². The van der Waals surface area contributed by atoms with Crippen LogP contribution in [-0.4, -0.2) is 17.0 Å². The second-order valence-corrected chi connectivity index (χ2v) is 4.97. The van der Waals surface area contributed by atoms with E-state index in [9.17, 15) is 9.59 Å². The molecule has 1 atom stereocenters. The van der Waals surface area contributed by atoms with E-state index >= 15 is 0 Å². The molecule has 1 saturated carbocycles. The smallest absolute Gasteiger partial charge is 0.337 e. The van der Waals surface area contributed by atoms with Gasteiger partial charge < -0.3 is 10.4 Å². The maximum atomic E-state index is 11.9. The molecule has 4 nitrogen and oxygen atoms in total. The first-order chi connectivity index (χ1) is 8.49. The lowest BCUT2D eigenvalue weighted by Gasteiger charge is -2.13. The number of aromatic carboxylic acids is 1. The molecule has 96 valence electrons. The van der Waals surface area contributed by atoms with Crippen molar-refractivity contribution in [2.24, 2.45) is 11.8 Å². The summed E-state index contributed by atoms with van der Waals surface area (Å²) in [6.07, 6.45) is 2.18. The number of amides is 1. The van der Waals surface area contributed by atoms with Crippen molar-refractivity contribution in [2.45, 2.75) is 26.7 Å². The molecule has 0 spiro atoms. The molecule has 1 amide bonds. The van der Waals surface area contributed by atoms with Gasteiger partial charge in [-0.15, -0.1) is 0 Å². The fraction of sp³-hybridized carbons (Fsp3) is 0.429. The summed E-state index contributed by atoms with van der Waals surface area (Å²) >= 11 is 0. The summed E-state index contributed by atoms with van der Waals surface area (Å²) in [7, 11) is 0. The number of nitrogens with one attached hydrogen (secondary N) is 1. The van der Waals surface area contributed by atoms with Crippen molar-refractivity contribution < 1.29 is 14.7 Å². The fourth-order valence-electron chi connectivity index (χ4n) is 2.00. The Balaban J connectivity index is 2.17. The zero-order valence-corrected chi connectivity index (χ0v) is 10.6. The van der Waals surface area contributed by atoms with Gasteiger partial charge >= 0.3 is 5.97 Å². The molecule has 4 heteroatoms. The van der Waals surface area contributed by atoms with Gasteiger partial charge in [0.2, 0.25) is 5.91 Å². The van der Waals surface area contributed by atoms with Crippen molar-refractivity contribution in [3.63, 3.8) is 0 Å². The summed E-state index contributed by atoms with van der Waals surface area (Å²) in [5.74, 6) is -0.700. The predicted molar refractivity (Wildman–Crippen MR) is 68.7 cm³/mol. The molecular formula is C14H17NO3. The molecule has 1 unspecified atom stereocenters. The molecule has 1 fully saturated rings. The molecule has 0 heterocycles. The first-order valence-electron chi connectivity index (χ1n) is 6.14. The van der Waals surface area contributed by atoms with Gasteiger partial charge in [-0.25, -0.2) is 4.79 Å². The van der Waals surface area contributed by atoms with Crippen molar-refractivity contribution in [1.82, 2.24) is 0 Å². The lowest BCUT2D eigenvalue weighted by molar-refractivity contribution is -0.119. The minimum atomic E-state index is -1.02. The number of carboxylic acids is 1. The van der Waals surface area contributed by atoms with Crippen LogP contribution in [0.3, 0.4) is 0 Å². The molecule has 2 rings (SSSR count). The molecule has 2 N–H and O–H groups in total. The Bertz CT molecular complexity index is 492. The standard InChI is InChI=1S/C14H17NO3/c1-8-3-6-12(11(7-8)14(17)18)15-13(16)9(2)10-4-5-10/h3,6-7,9-10H,4-5H2,1-2H3,(H,15,16)(H,17,18). The van der Waals surface area contributed by atoms with E-state index in [0.29, 0.717) is 11.6 Å². The SMILES string of the molecule is Cc1ccc(NC(=O)C(C)C2CC2)c(C(=O)O)c1. The quantitative estimate of drug-likeness (QED) is 0.859. The van der Waals surface area contributed by atoms with Crippen LogP contribution in [-0.2, 0) is 4.79 Å². The molecule has 0 aliphatic heterocycles. The van der Waals surface area contributed by atoms with Gasteiger partial charge in [-0.05, 0) is 37.8 Å². The minimum absolute atomic E-state index is 0.0482. The highest BCUT2D eigenvalue weighted by Crippen LogP contribution is 2.37. The van der Waals surface area contributed by atoms with E-state index in [2.05, 4.69) is 5.32 Å². The van der Waals surface area contributed by atoms with E-state index in [-0.39, 0.29) is 17.4 Å². The highest BCUT2D eigenvalue weighted by atomic mass is 16.4. The third-order valence-corrected chi connectivity index (χ3v) is 3.41. The van der Waals surface area contributed by atoms with Crippen molar-refractivity contribution in [2.75, 3.05) is 5.32 Å². The van der Waals surface area contributed by atoms with Gasteiger partial charge in [-0.1, -0.05) is 18.6 Å². The van der Waals surface area contributed by atoms with Crippen LogP contribution in [0, 0.1) is 18.8 Å². The summed E-state index contributed by atoms with van der Waals surface area (Å²) < 4.78 is 0. The number of carbonyl (C=O) groups excluding carboxylic acids is 1. The van der Waals surface area contributed by atoms with E-state index in [1.807, 2.05) is 13.8 Å². The molecule has 0 saturated heterocycles. The van der Waals surface area contributed by atoms with E-state index in [1.165, 1.54) is 0 Å². The summed E-state index contributed by atoms with van der Waals surface area (Å²) in [5.41, 5.74) is 1.39. The first kappa shape index (κ1) is 12.6. The number of aryl methyl sites for hydroxylation is 1. The summed E-state index contributed by atoms with van der Waals surface area (Å²) in [4.78, 5) is 23.1. The highest BCUT2D eigenvalue weighted by molar-refractivity contribution is 6.01. The van der Waals surface area contributed by atoms with E-state index in [4.69, 9.17) is 5.11 Å². The van der Waals surface area contributed by atoms with Crippen molar-refractivity contribution in [1.29, 1.82) is 0 Å². The van der Waals surface area contributed by atoms with Gasteiger partial charge in [0.25, 0.3) is 0 Å². The molecule has 18 heavy (non-hydrogen) atoms. The Morgan fingerprint density at radius 2 is 2.06 bits per heavy atom. The van der Waals surface area contributed by atoms with Gasteiger partial charge in [0.15, 0.2) is 0 Å². The molecular weight excluding hydrogens is 230 g/mol. The third kappa shape index (κ3) is 2.70. The van der Waals surface area contributed by atoms with Gasteiger partial charge in [-0.3, -0.25) is 4.79 Å². The van der Waals surface area contributed by atoms with E-state index in [1.54, 1.807) is 18.2 Å². The predicted octanol–water partition coefficient (Wildman–Crippen LogP) is 2.68. The molecule has 0 radical (unpaired) electrons.